The number of rotatable bonds is 2. The smallest absolute Gasteiger partial charge is 0.161 e. The average molecular weight is 357 g/mol. The molecule has 3 aliphatic rings. The predicted octanol–water partition coefficient (Wildman–Crippen LogP) is 3.92. The van der Waals surface area contributed by atoms with Gasteiger partial charge in [-0.15, -0.1) is 23.2 Å². The second kappa shape index (κ2) is 4.50. The van der Waals surface area contributed by atoms with Crippen LogP contribution in [0.3, 0.4) is 0 Å². The third-order valence-electron chi connectivity index (χ3n) is 5.90. The molecule has 0 unspecified atom stereocenters. The van der Waals surface area contributed by atoms with Crippen molar-refractivity contribution in [2.45, 2.75) is 21.6 Å². The highest BCUT2D eigenvalue weighted by molar-refractivity contribution is 6.52. The van der Waals surface area contributed by atoms with Gasteiger partial charge < -0.3 is 0 Å². The van der Waals surface area contributed by atoms with Crippen molar-refractivity contribution in [3.8, 4) is 0 Å². The molecule has 2 aromatic carbocycles. The van der Waals surface area contributed by atoms with Gasteiger partial charge in [-0.25, -0.2) is 0 Å². The van der Waals surface area contributed by atoms with E-state index in [1.54, 1.807) is 0 Å². The van der Waals surface area contributed by atoms with Crippen molar-refractivity contribution in [1.29, 1.82) is 0 Å². The Morgan fingerprint density at radius 1 is 0.583 bits per heavy atom. The van der Waals surface area contributed by atoms with Crippen molar-refractivity contribution in [2.24, 2.45) is 11.8 Å². The summed E-state index contributed by atoms with van der Waals surface area (Å²) >= 11 is 13.4. The molecule has 0 aliphatic heterocycles. The number of fused-ring (bicyclic) bond motifs is 2. The summed E-state index contributed by atoms with van der Waals surface area (Å²) in [7, 11) is 0. The van der Waals surface area contributed by atoms with Crippen molar-refractivity contribution in [2.75, 3.05) is 0 Å². The molecule has 4 heteroatoms. The molecule has 0 aromatic heterocycles. The van der Waals surface area contributed by atoms with E-state index in [2.05, 4.69) is 0 Å². The second-order valence-corrected chi connectivity index (χ2v) is 8.25. The van der Waals surface area contributed by atoms with Gasteiger partial charge in [0.05, 0.1) is 11.8 Å². The van der Waals surface area contributed by atoms with Gasteiger partial charge in [0.1, 0.15) is 9.75 Å². The molecule has 120 valence electrons. The molecule has 0 bridgehead atoms. The molecule has 3 fully saturated rings. The molecule has 5 rings (SSSR count). The molecule has 3 aliphatic carbocycles. The first-order chi connectivity index (χ1) is 11.5. The van der Waals surface area contributed by atoms with Crippen LogP contribution in [-0.2, 0) is 9.59 Å². The van der Waals surface area contributed by atoms with Gasteiger partial charge in [-0.2, -0.15) is 0 Å². The van der Waals surface area contributed by atoms with E-state index in [-0.39, 0.29) is 23.4 Å². The molecule has 0 spiro atoms. The van der Waals surface area contributed by atoms with Crippen LogP contribution in [0.5, 0.6) is 0 Å². The molecular formula is C20H14Cl2O2. The highest BCUT2D eigenvalue weighted by atomic mass is 35.5. The van der Waals surface area contributed by atoms with Crippen LogP contribution in [-0.4, -0.2) is 21.3 Å². The van der Waals surface area contributed by atoms with Gasteiger partial charge >= 0.3 is 0 Å². The van der Waals surface area contributed by atoms with E-state index in [4.69, 9.17) is 23.2 Å². The van der Waals surface area contributed by atoms with Crippen LogP contribution < -0.4 is 0 Å². The van der Waals surface area contributed by atoms with Crippen molar-refractivity contribution < 1.29 is 9.59 Å². The fourth-order valence-electron chi connectivity index (χ4n) is 4.68. The zero-order chi connectivity index (χ0) is 16.7. The van der Waals surface area contributed by atoms with Gasteiger partial charge in [0.2, 0.25) is 0 Å². The Kier molecular flexibility index (Phi) is 2.75. The Hall–Kier alpha value is -1.64. The van der Waals surface area contributed by atoms with E-state index < -0.39 is 21.6 Å². The third kappa shape index (κ3) is 1.54. The van der Waals surface area contributed by atoms with E-state index in [0.29, 0.717) is 0 Å². The van der Waals surface area contributed by atoms with Gasteiger partial charge in [0.25, 0.3) is 0 Å². The van der Waals surface area contributed by atoms with Crippen LogP contribution in [0.1, 0.15) is 23.0 Å². The molecule has 0 N–H and O–H groups in total. The fraction of sp³-hybridized carbons (Fsp3) is 0.300. The first-order valence-corrected chi connectivity index (χ1v) is 8.84. The molecular weight excluding hydrogens is 343 g/mol. The van der Waals surface area contributed by atoms with Gasteiger partial charge in [0.15, 0.2) is 11.6 Å². The van der Waals surface area contributed by atoms with Crippen LogP contribution in [0, 0.1) is 11.8 Å². The van der Waals surface area contributed by atoms with Gasteiger partial charge in [-0.05, 0) is 11.1 Å². The molecule has 0 saturated heterocycles. The average Bonchev–Trinajstić information content (AvgIpc) is 3.46. The largest absolute Gasteiger partial charge is 0.297 e. The van der Waals surface area contributed by atoms with Crippen molar-refractivity contribution >= 4 is 34.8 Å². The van der Waals surface area contributed by atoms with Crippen LogP contribution in [0.25, 0.3) is 0 Å². The normalized spacial score (nSPS) is 42.2. The predicted molar refractivity (Wildman–Crippen MR) is 92.5 cm³/mol. The first-order valence-electron chi connectivity index (χ1n) is 8.08. The number of hydrogen-bond donors (Lipinski definition) is 0. The minimum absolute atomic E-state index is 0.0635. The summed E-state index contributed by atoms with van der Waals surface area (Å²) in [5.41, 5.74) is 1.88. The first kappa shape index (κ1) is 14.7. The van der Waals surface area contributed by atoms with Crippen molar-refractivity contribution in [3.05, 3.63) is 71.8 Å². The lowest BCUT2D eigenvalue weighted by Gasteiger charge is -2.16. The number of ketones is 2. The van der Waals surface area contributed by atoms with Crippen LogP contribution >= 0.6 is 23.2 Å². The molecule has 0 heterocycles. The molecule has 0 radical (unpaired) electrons. The lowest BCUT2D eigenvalue weighted by atomic mass is 9.97. The highest BCUT2D eigenvalue weighted by Gasteiger charge is 2.88. The maximum atomic E-state index is 13.1. The summed E-state index contributed by atoms with van der Waals surface area (Å²) in [5, 5.41) is 0. The molecule has 2 nitrogen and oxygen atoms in total. The monoisotopic (exact) mass is 356 g/mol. The third-order valence-corrected chi connectivity index (χ3v) is 7.21. The SMILES string of the molecule is O=C1[C@@H]2[C@H](c3ccccc3)[C@]2(Cl)C(=O)[C@@H]2[C@H](c3ccccc3)[C@@]12Cl. The maximum Gasteiger partial charge on any atom is 0.161 e. The van der Waals surface area contributed by atoms with E-state index in [9.17, 15) is 9.59 Å². The van der Waals surface area contributed by atoms with Gasteiger partial charge in [0, 0.05) is 11.8 Å². The van der Waals surface area contributed by atoms with E-state index >= 15 is 0 Å². The molecule has 24 heavy (non-hydrogen) atoms. The van der Waals surface area contributed by atoms with Crippen LogP contribution in [0.2, 0.25) is 0 Å². The zero-order valence-corrected chi connectivity index (χ0v) is 14.2. The lowest BCUT2D eigenvalue weighted by Crippen LogP contribution is -2.37. The van der Waals surface area contributed by atoms with Gasteiger partial charge in [-0.1, -0.05) is 60.7 Å². The summed E-state index contributed by atoms with van der Waals surface area (Å²) in [5.74, 6) is -1.63. The number of halogens is 2. The molecule has 6 atom stereocenters. The molecule has 3 saturated carbocycles. The quantitative estimate of drug-likeness (QED) is 0.764. The van der Waals surface area contributed by atoms with Crippen LogP contribution in [0.4, 0.5) is 0 Å². The Morgan fingerprint density at radius 3 is 1.25 bits per heavy atom. The van der Waals surface area contributed by atoms with E-state index in [1.165, 1.54) is 0 Å². The minimum Gasteiger partial charge on any atom is -0.297 e. The number of alkyl halides is 2. The van der Waals surface area contributed by atoms with Crippen molar-refractivity contribution in [1.82, 2.24) is 0 Å². The maximum absolute atomic E-state index is 13.1. The highest BCUT2D eigenvalue weighted by Crippen LogP contribution is 2.78. The number of carbonyl (C=O) groups is 2. The molecule has 0 amide bonds. The summed E-state index contributed by atoms with van der Waals surface area (Å²) < 4.78 is 0. The van der Waals surface area contributed by atoms with Gasteiger partial charge in [-0.3, -0.25) is 9.59 Å². The lowest BCUT2D eigenvalue weighted by molar-refractivity contribution is -0.129. The summed E-state index contributed by atoms with van der Waals surface area (Å²) in [6, 6.07) is 19.1. The second-order valence-electron chi connectivity index (χ2n) is 7.00. The minimum atomic E-state index is -1.11. The molecule has 2 aromatic rings. The number of Topliss-reactive ketones (excluding diaryl/α,β-unsaturated/α-hetero) is 2. The standard InChI is InChI=1S/C20H14Cl2O2/c21-19-13(11-7-3-1-4-8-11)15(19)17(23)20(22)14(16(20)18(19)24)12-9-5-2-6-10-12/h1-10,13-16H/t13-,14-,15-,16-,19-,20+/m0/s1. The summed E-state index contributed by atoms with van der Waals surface area (Å²) in [6.45, 7) is 0. The topological polar surface area (TPSA) is 34.1 Å². The van der Waals surface area contributed by atoms with Crippen molar-refractivity contribution in [3.63, 3.8) is 0 Å². The summed E-state index contributed by atoms with van der Waals surface area (Å²) in [6.07, 6.45) is 0. The Labute approximate surface area is 149 Å². The zero-order valence-electron chi connectivity index (χ0n) is 12.7. The van der Waals surface area contributed by atoms with Crippen LogP contribution in [0.15, 0.2) is 60.7 Å². The Balaban J connectivity index is 1.55. The Bertz CT molecular complexity index is 792. The number of hydrogen-bond acceptors (Lipinski definition) is 2. The fourth-order valence-corrected chi connectivity index (χ4v) is 5.74. The van der Waals surface area contributed by atoms with E-state index in [1.807, 2.05) is 60.7 Å². The summed E-state index contributed by atoms with van der Waals surface area (Å²) in [4.78, 5) is 23.9. The Morgan fingerprint density at radius 2 is 0.917 bits per heavy atom. The number of benzene rings is 2. The number of carbonyl (C=O) groups excluding carboxylic acids is 2. The van der Waals surface area contributed by atoms with E-state index in [0.717, 1.165) is 11.1 Å².